The third-order valence-corrected chi connectivity index (χ3v) is 16.1. The summed E-state index contributed by atoms with van der Waals surface area (Å²) >= 11 is 0. The number of nitrogens with zero attached hydrogens (tertiary/aromatic N) is 1. The van der Waals surface area contributed by atoms with E-state index in [9.17, 15) is 19.5 Å². The molecule has 0 saturated heterocycles. The predicted molar refractivity (Wildman–Crippen MR) is 348 cm³/mol. The van der Waals surface area contributed by atoms with Crippen molar-refractivity contribution in [2.75, 3.05) is 47.5 Å². The Hall–Kier alpha value is -2.49. The van der Waals surface area contributed by atoms with Crippen molar-refractivity contribution >= 4 is 17.9 Å². The summed E-state index contributed by atoms with van der Waals surface area (Å²) in [6.07, 6.45) is 78.1. The summed E-state index contributed by atoms with van der Waals surface area (Å²) in [5.74, 6) is -2.25. The molecule has 0 amide bonds. The molecule has 0 saturated carbocycles. The van der Waals surface area contributed by atoms with Crippen LogP contribution in [-0.2, 0) is 33.3 Å². The average Bonchev–Trinajstić information content (AvgIpc) is 3.45. The third-order valence-electron chi connectivity index (χ3n) is 16.1. The van der Waals surface area contributed by atoms with Crippen molar-refractivity contribution in [3.8, 4) is 0 Å². The van der Waals surface area contributed by atoms with Crippen molar-refractivity contribution < 1.29 is 42.9 Å². The number of likely N-dealkylation sites (N-methyl/N-ethyl adjacent to an activating group) is 1. The van der Waals surface area contributed by atoms with Gasteiger partial charge in [0.05, 0.1) is 40.3 Å². The molecule has 0 fully saturated rings. The molecule has 0 rings (SSSR count). The van der Waals surface area contributed by atoms with E-state index >= 15 is 0 Å². The van der Waals surface area contributed by atoms with E-state index in [0.717, 1.165) is 51.4 Å². The summed E-state index contributed by atoms with van der Waals surface area (Å²) < 4.78 is 22.8. The van der Waals surface area contributed by atoms with Crippen molar-refractivity contribution in [3.05, 3.63) is 36.5 Å². The minimum Gasteiger partial charge on any atom is -0.545 e. The maximum atomic E-state index is 12.9. The highest BCUT2D eigenvalue weighted by molar-refractivity contribution is 5.70. The molecule has 0 radical (unpaired) electrons. The van der Waals surface area contributed by atoms with Gasteiger partial charge in [-0.1, -0.05) is 326 Å². The monoisotopic (exact) mass is 1160 g/mol. The lowest BCUT2D eigenvalue weighted by Gasteiger charge is -2.26. The molecule has 0 aliphatic rings. The topological polar surface area (TPSA) is 111 Å². The number of carbonyl (C=O) groups is 3. The lowest BCUT2D eigenvalue weighted by molar-refractivity contribution is -0.870. The molecule has 0 aliphatic carbocycles. The van der Waals surface area contributed by atoms with Crippen LogP contribution in [0, 0.1) is 0 Å². The number of esters is 2. The number of quaternary nitrogens is 1. The fraction of sp³-hybridized carbons (Fsp3) is 0.877. The van der Waals surface area contributed by atoms with Gasteiger partial charge in [-0.3, -0.25) is 9.59 Å². The second-order valence-corrected chi connectivity index (χ2v) is 25.5. The zero-order chi connectivity index (χ0) is 59.8. The number of carboxylic acid groups (broad SMARTS) is 1. The summed E-state index contributed by atoms with van der Waals surface area (Å²) in [6.45, 7) is 4.80. The van der Waals surface area contributed by atoms with E-state index in [4.69, 9.17) is 18.9 Å². The molecule has 0 heterocycles. The van der Waals surface area contributed by atoms with Gasteiger partial charge >= 0.3 is 11.9 Å². The molecule has 0 aromatic carbocycles. The summed E-state index contributed by atoms with van der Waals surface area (Å²) in [4.78, 5) is 37.4. The molecular weight excluding hydrogens is 1020 g/mol. The standard InChI is InChI=1S/C73H137NO8/c1-6-8-10-12-14-16-18-20-22-24-26-27-28-29-30-31-32-33-34-35-36-37-38-39-40-41-42-43-44-45-46-48-50-52-54-56-58-60-62-64-71(76)82-69(68-81-73(72(77)78)79-66-65-74(3,4)5)67-80-70(75)63-61-59-57-55-53-51-49-47-25-23-21-19-17-15-13-11-9-7-2/h18,20,24,26,28-29,69,73H,6-17,19,21-23,25,27,30-68H2,1-5H3/b20-18-,26-24-,29-28-. The van der Waals surface area contributed by atoms with Gasteiger partial charge in [-0.15, -0.1) is 0 Å². The Labute approximate surface area is 509 Å². The van der Waals surface area contributed by atoms with Crippen LogP contribution in [-0.4, -0.2) is 82.3 Å². The zero-order valence-electron chi connectivity index (χ0n) is 55.1. The molecule has 0 spiro atoms. The van der Waals surface area contributed by atoms with Gasteiger partial charge in [0.2, 0.25) is 0 Å². The highest BCUT2D eigenvalue weighted by Gasteiger charge is 2.22. The van der Waals surface area contributed by atoms with Crippen LogP contribution in [0.25, 0.3) is 0 Å². The van der Waals surface area contributed by atoms with Crippen LogP contribution in [0.1, 0.15) is 354 Å². The number of aliphatic carboxylic acids is 1. The number of hydrogen-bond acceptors (Lipinski definition) is 8. The van der Waals surface area contributed by atoms with Crippen molar-refractivity contribution in [1.82, 2.24) is 0 Å². The largest absolute Gasteiger partial charge is 0.545 e. The van der Waals surface area contributed by atoms with Gasteiger partial charge in [-0.05, 0) is 51.4 Å². The van der Waals surface area contributed by atoms with Gasteiger partial charge in [0.1, 0.15) is 13.2 Å². The van der Waals surface area contributed by atoms with Crippen LogP contribution in [0.2, 0.25) is 0 Å². The number of rotatable bonds is 67. The van der Waals surface area contributed by atoms with Gasteiger partial charge in [0, 0.05) is 12.8 Å². The van der Waals surface area contributed by atoms with Crippen molar-refractivity contribution in [3.63, 3.8) is 0 Å². The highest BCUT2D eigenvalue weighted by Crippen LogP contribution is 2.19. The third kappa shape index (κ3) is 65.1. The SMILES string of the molecule is CCCCCCC/C=C\C/C=C\C/C=C\CCCCCCCCCCCCCCCCCCCCCCCCCCC(=O)OC(COC(=O)CCCCCCCCCCCCCCCCCCCC)COC(OCC[N+](C)(C)C)C(=O)[O-]. The van der Waals surface area contributed by atoms with Crippen molar-refractivity contribution in [1.29, 1.82) is 0 Å². The number of carbonyl (C=O) groups excluding carboxylic acids is 3. The molecule has 0 aromatic heterocycles. The molecule has 0 bridgehead atoms. The Morgan fingerprint density at radius 1 is 0.366 bits per heavy atom. The average molecular weight is 1160 g/mol. The second kappa shape index (κ2) is 64.5. The van der Waals surface area contributed by atoms with E-state index in [-0.39, 0.29) is 32.2 Å². The van der Waals surface area contributed by atoms with Crippen LogP contribution < -0.4 is 5.11 Å². The molecule has 2 unspecified atom stereocenters. The number of hydrogen-bond donors (Lipinski definition) is 0. The van der Waals surface area contributed by atoms with E-state index < -0.39 is 24.3 Å². The van der Waals surface area contributed by atoms with E-state index in [0.29, 0.717) is 17.4 Å². The first kappa shape index (κ1) is 79.5. The van der Waals surface area contributed by atoms with Crippen molar-refractivity contribution in [2.45, 2.75) is 367 Å². The number of carboxylic acids is 1. The van der Waals surface area contributed by atoms with Gasteiger partial charge in [0.25, 0.3) is 0 Å². The Balaban J connectivity index is 3.96. The minimum atomic E-state index is -1.62. The molecule has 0 aliphatic heterocycles. The summed E-state index contributed by atoms with van der Waals surface area (Å²) in [7, 11) is 5.94. The van der Waals surface area contributed by atoms with Gasteiger partial charge in [-0.2, -0.15) is 0 Å². The van der Waals surface area contributed by atoms with Crippen molar-refractivity contribution in [2.24, 2.45) is 0 Å². The first-order chi connectivity index (χ1) is 40.1. The zero-order valence-corrected chi connectivity index (χ0v) is 55.1. The number of ether oxygens (including phenoxy) is 4. The van der Waals surface area contributed by atoms with E-state index in [1.165, 1.54) is 276 Å². The molecule has 9 heteroatoms. The normalized spacial score (nSPS) is 12.8. The summed E-state index contributed by atoms with van der Waals surface area (Å²) in [5, 5.41) is 11.8. The maximum Gasteiger partial charge on any atom is 0.306 e. The number of unbranched alkanes of at least 4 members (excludes halogenated alkanes) is 46. The lowest BCUT2D eigenvalue weighted by Crippen LogP contribution is -2.44. The molecule has 2 atom stereocenters. The minimum absolute atomic E-state index is 0.151. The summed E-state index contributed by atoms with van der Waals surface area (Å²) in [6, 6.07) is 0. The van der Waals surface area contributed by atoms with E-state index in [2.05, 4.69) is 50.3 Å². The predicted octanol–water partition coefficient (Wildman–Crippen LogP) is 20.6. The Morgan fingerprint density at radius 3 is 0.976 bits per heavy atom. The first-order valence-electron chi connectivity index (χ1n) is 35.6. The van der Waals surface area contributed by atoms with Gasteiger partial charge in [-0.25, -0.2) is 0 Å². The fourth-order valence-corrected chi connectivity index (χ4v) is 10.7. The molecule has 482 valence electrons. The van der Waals surface area contributed by atoms with Crippen LogP contribution in [0.15, 0.2) is 36.5 Å². The molecule has 0 N–H and O–H groups in total. The highest BCUT2D eigenvalue weighted by atomic mass is 16.7. The smallest absolute Gasteiger partial charge is 0.306 e. The summed E-state index contributed by atoms with van der Waals surface area (Å²) in [5.41, 5.74) is 0. The molecule has 9 nitrogen and oxygen atoms in total. The van der Waals surface area contributed by atoms with E-state index in [1.807, 2.05) is 21.1 Å². The van der Waals surface area contributed by atoms with E-state index in [1.54, 1.807) is 0 Å². The van der Waals surface area contributed by atoms with Crippen LogP contribution in [0.3, 0.4) is 0 Å². The quantitative estimate of drug-likeness (QED) is 0.0195. The lowest BCUT2D eigenvalue weighted by atomic mass is 10.0. The van der Waals surface area contributed by atoms with Crippen LogP contribution >= 0.6 is 0 Å². The Kier molecular flexibility index (Phi) is 62.5. The molecule has 0 aromatic rings. The first-order valence-corrected chi connectivity index (χ1v) is 35.6. The maximum absolute atomic E-state index is 12.9. The number of allylic oxidation sites excluding steroid dienone is 6. The van der Waals surface area contributed by atoms with Gasteiger partial charge < -0.3 is 33.3 Å². The Bertz CT molecular complexity index is 1440. The van der Waals surface area contributed by atoms with Crippen LogP contribution in [0.4, 0.5) is 0 Å². The van der Waals surface area contributed by atoms with Crippen LogP contribution in [0.5, 0.6) is 0 Å². The molecule has 82 heavy (non-hydrogen) atoms. The second-order valence-electron chi connectivity index (χ2n) is 25.5. The fourth-order valence-electron chi connectivity index (χ4n) is 10.7. The van der Waals surface area contributed by atoms with Gasteiger partial charge in [0.15, 0.2) is 12.4 Å². The Morgan fingerprint density at radius 2 is 0.659 bits per heavy atom. The molecular formula is C73H137NO8.